The predicted octanol–water partition coefficient (Wildman–Crippen LogP) is 2.26. The molecule has 84 valence electrons. The molecular formula is C12H21N3. The molecule has 0 radical (unpaired) electrons. The Bertz CT molecular complexity index is 300. The normalized spacial score (nSPS) is 19.6. The van der Waals surface area contributed by atoms with Gasteiger partial charge in [-0.2, -0.15) is 5.10 Å². The van der Waals surface area contributed by atoms with Crippen LogP contribution in [0.4, 0.5) is 0 Å². The summed E-state index contributed by atoms with van der Waals surface area (Å²) in [6, 6.07) is 2.56. The molecule has 15 heavy (non-hydrogen) atoms. The Morgan fingerprint density at radius 3 is 2.80 bits per heavy atom. The van der Waals surface area contributed by atoms with Gasteiger partial charge in [0, 0.05) is 13.2 Å². The van der Waals surface area contributed by atoms with E-state index < -0.39 is 0 Å². The molecule has 1 aliphatic carbocycles. The van der Waals surface area contributed by atoms with Gasteiger partial charge >= 0.3 is 0 Å². The molecule has 1 N–H and O–H groups in total. The number of aryl methyl sites for hydroxylation is 1. The van der Waals surface area contributed by atoms with E-state index in [1.807, 2.05) is 25.0 Å². The minimum Gasteiger partial charge on any atom is -0.312 e. The molecule has 0 aliphatic heterocycles. The van der Waals surface area contributed by atoms with Crippen LogP contribution in [0.1, 0.15) is 43.8 Å². The maximum absolute atomic E-state index is 4.48. The summed E-state index contributed by atoms with van der Waals surface area (Å²) in [7, 11) is 4.01. The van der Waals surface area contributed by atoms with E-state index in [0.717, 1.165) is 5.92 Å². The van der Waals surface area contributed by atoms with Crippen LogP contribution in [-0.2, 0) is 7.05 Å². The first-order valence-corrected chi connectivity index (χ1v) is 5.96. The first-order chi connectivity index (χ1) is 7.29. The minimum absolute atomic E-state index is 0.439. The van der Waals surface area contributed by atoms with E-state index in [1.54, 1.807) is 0 Å². The first kappa shape index (κ1) is 10.7. The van der Waals surface area contributed by atoms with Crippen molar-refractivity contribution >= 4 is 0 Å². The second kappa shape index (κ2) is 4.79. The zero-order valence-electron chi connectivity index (χ0n) is 9.74. The lowest BCUT2D eigenvalue weighted by molar-refractivity contribution is 0.405. The fourth-order valence-corrected chi connectivity index (χ4v) is 2.58. The van der Waals surface area contributed by atoms with Crippen molar-refractivity contribution in [1.29, 1.82) is 0 Å². The smallest absolute Gasteiger partial charge is 0.0793 e. The van der Waals surface area contributed by atoms with Crippen molar-refractivity contribution in [2.24, 2.45) is 13.0 Å². The summed E-state index contributed by atoms with van der Waals surface area (Å²) in [5.74, 6) is 0.907. The summed E-state index contributed by atoms with van der Waals surface area (Å²) in [5, 5.41) is 7.86. The van der Waals surface area contributed by atoms with Crippen molar-refractivity contribution in [3.63, 3.8) is 0 Å². The number of hydrogen-bond acceptors (Lipinski definition) is 2. The highest BCUT2D eigenvalue weighted by atomic mass is 15.3. The predicted molar refractivity (Wildman–Crippen MR) is 61.6 cm³/mol. The average Bonchev–Trinajstić information content (AvgIpc) is 2.85. The van der Waals surface area contributed by atoms with Gasteiger partial charge in [0.1, 0.15) is 0 Å². The molecule has 0 aromatic carbocycles. The number of rotatable bonds is 4. The van der Waals surface area contributed by atoms with Gasteiger partial charge in [-0.3, -0.25) is 4.68 Å². The summed E-state index contributed by atoms with van der Waals surface area (Å²) < 4.78 is 1.88. The van der Waals surface area contributed by atoms with Gasteiger partial charge in [0.2, 0.25) is 0 Å². The van der Waals surface area contributed by atoms with Gasteiger partial charge in [0.25, 0.3) is 0 Å². The molecule has 0 bridgehead atoms. The maximum Gasteiger partial charge on any atom is 0.0793 e. The van der Waals surface area contributed by atoms with Crippen molar-refractivity contribution in [2.45, 2.75) is 38.1 Å². The third-order valence-corrected chi connectivity index (χ3v) is 3.48. The molecule has 3 nitrogen and oxygen atoms in total. The van der Waals surface area contributed by atoms with Crippen molar-refractivity contribution in [1.82, 2.24) is 15.1 Å². The molecule has 2 rings (SSSR count). The Hall–Kier alpha value is -0.830. The molecule has 1 atom stereocenters. The first-order valence-electron chi connectivity index (χ1n) is 5.96. The Morgan fingerprint density at radius 2 is 2.27 bits per heavy atom. The van der Waals surface area contributed by atoms with Gasteiger partial charge in [-0.15, -0.1) is 0 Å². The van der Waals surface area contributed by atoms with E-state index in [9.17, 15) is 0 Å². The van der Waals surface area contributed by atoms with Crippen LogP contribution in [-0.4, -0.2) is 16.8 Å². The topological polar surface area (TPSA) is 29.9 Å². The van der Waals surface area contributed by atoms with Crippen LogP contribution < -0.4 is 5.32 Å². The Labute approximate surface area is 91.9 Å². The molecule has 1 fully saturated rings. The minimum atomic E-state index is 0.439. The van der Waals surface area contributed by atoms with Gasteiger partial charge in [-0.1, -0.05) is 25.7 Å². The van der Waals surface area contributed by atoms with Crippen molar-refractivity contribution in [3.8, 4) is 0 Å². The molecular weight excluding hydrogens is 186 g/mol. The van der Waals surface area contributed by atoms with Crippen LogP contribution in [0.25, 0.3) is 0 Å². The second-order valence-corrected chi connectivity index (χ2v) is 4.64. The number of aromatic nitrogens is 2. The number of nitrogens with one attached hydrogen (secondary N) is 1. The lowest BCUT2D eigenvalue weighted by Gasteiger charge is -2.17. The maximum atomic E-state index is 4.48. The van der Waals surface area contributed by atoms with E-state index in [-0.39, 0.29) is 0 Å². The molecule has 0 spiro atoms. The molecule has 0 amide bonds. The summed E-state index contributed by atoms with van der Waals surface area (Å²) >= 11 is 0. The van der Waals surface area contributed by atoms with Crippen LogP contribution in [0.2, 0.25) is 0 Å². The lowest BCUT2D eigenvalue weighted by Crippen LogP contribution is -2.19. The lowest BCUT2D eigenvalue weighted by atomic mass is 9.97. The van der Waals surface area contributed by atoms with Crippen LogP contribution in [0.15, 0.2) is 12.3 Å². The van der Waals surface area contributed by atoms with Crippen LogP contribution in [0.5, 0.6) is 0 Å². The summed E-state index contributed by atoms with van der Waals surface area (Å²) in [4.78, 5) is 0. The fraction of sp³-hybridized carbons (Fsp3) is 0.750. The molecule has 3 heteroatoms. The van der Waals surface area contributed by atoms with Crippen LogP contribution in [0, 0.1) is 5.92 Å². The van der Waals surface area contributed by atoms with Gasteiger partial charge in [-0.05, 0) is 25.5 Å². The SMILES string of the molecule is CNC(CC1CCCC1)c1ccn(C)n1. The Morgan fingerprint density at radius 1 is 1.53 bits per heavy atom. The highest BCUT2D eigenvalue weighted by Crippen LogP contribution is 2.32. The molecule has 1 aromatic heterocycles. The van der Waals surface area contributed by atoms with Crippen molar-refractivity contribution < 1.29 is 0 Å². The van der Waals surface area contributed by atoms with E-state index in [1.165, 1.54) is 37.8 Å². The summed E-state index contributed by atoms with van der Waals surface area (Å²) in [6.45, 7) is 0. The third-order valence-electron chi connectivity index (χ3n) is 3.48. The second-order valence-electron chi connectivity index (χ2n) is 4.64. The van der Waals surface area contributed by atoms with E-state index in [0.29, 0.717) is 6.04 Å². The van der Waals surface area contributed by atoms with E-state index >= 15 is 0 Å². The van der Waals surface area contributed by atoms with E-state index in [4.69, 9.17) is 0 Å². The standard InChI is InChI=1S/C12H21N3/c1-13-12(9-10-5-3-4-6-10)11-7-8-15(2)14-11/h7-8,10,12-13H,3-6,9H2,1-2H3. The highest BCUT2D eigenvalue weighted by molar-refractivity contribution is 5.05. The van der Waals surface area contributed by atoms with Crippen LogP contribution >= 0.6 is 0 Å². The summed E-state index contributed by atoms with van der Waals surface area (Å²) in [6.07, 6.45) is 8.92. The average molecular weight is 207 g/mol. The molecule has 0 saturated heterocycles. The molecule has 1 aliphatic rings. The van der Waals surface area contributed by atoms with E-state index in [2.05, 4.69) is 16.5 Å². The Kier molecular flexibility index (Phi) is 3.41. The van der Waals surface area contributed by atoms with Crippen molar-refractivity contribution in [3.05, 3.63) is 18.0 Å². The fourth-order valence-electron chi connectivity index (χ4n) is 2.58. The van der Waals surface area contributed by atoms with Gasteiger partial charge in [0.15, 0.2) is 0 Å². The number of hydrogen-bond donors (Lipinski definition) is 1. The molecule has 1 unspecified atom stereocenters. The zero-order chi connectivity index (χ0) is 10.7. The Balaban J connectivity index is 1.97. The molecule has 1 saturated carbocycles. The quantitative estimate of drug-likeness (QED) is 0.820. The highest BCUT2D eigenvalue weighted by Gasteiger charge is 2.21. The molecule has 1 heterocycles. The zero-order valence-corrected chi connectivity index (χ0v) is 9.74. The third kappa shape index (κ3) is 2.59. The van der Waals surface area contributed by atoms with Crippen LogP contribution in [0.3, 0.4) is 0 Å². The molecule has 1 aromatic rings. The van der Waals surface area contributed by atoms with Gasteiger partial charge in [0.05, 0.1) is 11.7 Å². The van der Waals surface area contributed by atoms with Crippen molar-refractivity contribution in [2.75, 3.05) is 7.05 Å². The van der Waals surface area contributed by atoms with Gasteiger partial charge in [-0.25, -0.2) is 0 Å². The van der Waals surface area contributed by atoms with Gasteiger partial charge < -0.3 is 5.32 Å². The number of nitrogens with zero attached hydrogens (tertiary/aromatic N) is 2. The monoisotopic (exact) mass is 207 g/mol. The summed E-state index contributed by atoms with van der Waals surface area (Å²) in [5.41, 5.74) is 1.19. The largest absolute Gasteiger partial charge is 0.312 e.